The lowest BCUT2D eigenvalue weighted by molar-refractivity contribution is 0.433. The number of ether oxygens (including phenoxy) is 1. The van der Waals surface area contributed by atoms with Crippen LogP contribution in [0.25, 0.3) is 61.4 Å². The Kier molecular flexibility index (Phi) is 6.90. The summed E-state index contributed by atoms with van der Waals surface area (Å²) in [5.41, 5.74) is 14.5. The van der Waals surface area contributed by atoms with E-state index in [2.05, 4.69) is 176 Å². The summed E-state index contributed by atoms with van der Waals surface area (Å²) in [6, 6.07) is 60.3. The summed E-state index contributed by atoms with van der Waals surface area (Å²) in [5, 5.41) is 2.36. The summed E-state index contributed by atoms with van der Waals surface area (Å²) >= 11 is 0. The number of fused-ring (bicyclic) bond motifs is 9. The first-order valence-electron chi connectivity index (χ1n) is 18.7. The molecular formula is C51H34N2O. The summed E-state index contributed by atoms with van der Waals surface area (Å²) in [5.74, 6) is 2.53. The monoisotopic (exact) mass is 690 g/mol. The van der Waals surface area contributed by atoms with Crippen LogP contribution in [0.3, 0.4) is 0 Å². The second-order valence-electron chi connectivity index (χ2n) is 14.3. The van der Waals surface area contributed by atoms with Gasteiger partial charge in [-0.15, -0.1) is 0 Å². The average Bonchev–Trinajstić information content (AvgIpc) is 3.54. The van der Waals surface area contributed by atoms with Gasteiger partial charge in [0.15, 0.2) is 5.82 Å². The van der Waals surface area contributed by atoms with Gasteiger partial charge in [-0.25, -0.2) is 9.97 Å². The molecule has 0 N–H and O–H groups in total. The molecule has 1 aliphatic heterocycles. The van der Waals surface area contributed by atoms with E-state index >= 15 is 0 Å². The summed E-state index contributed by atoms with van der Waals surface area (Å²) in [4.78, 5) is 10.3. The van der Waals surface area contributed by atoms with E-state index in [1.54, 1.807) is 0 Å². The Morgan fingerprint density at radius 1 is 0.500 bits per heavy atom. The van der Waals surface area contributed by atoms with Gasteiger partial charge in [-0.1, -0.05) is 170 Å². The Balaban J connectivity index is 1.06. The minimum atomic E-state index is -0.416. The SMILES string of the molecule is C1=CC2=C(CC1)C1(c3ccccc3Oc3c(-c4ccc(-c5nc(-c6ccccc6)cc(-c6cccc7ccccc67)n5)cc4)cccc31)c1ccccc12. The molecule has 254 valence electrons. The first kappa shape index (κ1) is 30.8. The molecule has 0 saturated heterocycles. The molecule has 3 heteroatoms. The van der Waals surface area contributed by atoms with E-state index in [0.717, 1.165) is 63.5 Å². The Hall–Kier alpha value is -6.84. The van der Waals surface area contributed by atoms with Crippen LogP contribution < -0.4 is 4.74 Å². The third kappa shape index (κ3) is 4.55. The van der Waals surface area contributed by atoms with Gasteiger partial charge in [-0.3, -0.25) is 0 Å². The van der Waals surface area contributed by atoms with Crippen molar-refractivity contribution in [2.75, 3.05) is 0 Å². The highest BCUT2D eigenvalue weighted by Gasteiger charge is 2.52. The summed E-state index contributed by atoms with van der Waals surface area (Å²) in [6.07, 6.45) is 6.70. The van der Waals surface area contributed by atoms with Gasteiger partial charge < -0.3 is 4.74 Å². The fraction of sp³-hybridized carbons (Fsp3) is 0.0588. The van der Waals surface area contributed by atoms with Gasteiger partial charge in [0.2, 0.25) is 0 Å². The van der Waals surface area contributed by atoms with E-state index in [9.17, 15) is 0 Å². The average molecular weight is 691 g/mol. The molecule has 7 aromatic carbocycles. The quantitative estimate of drug-likeness (QED) is 0.184. The first-order chi connectivity index (χ1) is 26.8. The molecule has 2 aliphatic carbocycles. The molecule has 1 unspecified atom stereocenters. The highest BCUT2D eigenvalue weighted by Crippen LogP contribution is 2.63. The predicted octanol–water partition coefficient (Wildman–Crippen LogP) is 12.9. The van der Waals surface area contributed by atoms with Crippen molar-refractivity contribution in [3.05, 3.63) is 210 Å². The van der Waals surface area contributed by atoms with Crippen LogP contribution in [0.2, 0.25) is 0 Å². The lowest BCUT2D eigenvalue weighted by Gasteiger charge is -2.41. The Morgan fingerprint density at radius 2 is 1.17 bits per heavy atom. The third-order valence-corrected chi connectivity index (χ3v) is 11.5. The molecule has 0 amide bonds. The number of benzene rings is 7. The Morgan fingerprint density at radius 3 is 2.07 bits per heavy atom. The number of para-hydroxylation sites is 2. The molecule has 0 bridgehead atoms. The third-order valence-electron chi connectivity index (χ3n) is 11.5. The number of allylic oxidation sites excluding steroid dienone is 4. The van der Waals surface area contributed by atoms with Crippen LogP contribution in [0, 0.1) is 0 Å². The maximum atomic E-state index is 6.96. The number of hydrogen-bond acceptors (Lipinski definition) is 3. The molecule has 1 atom stereocenters. The molecule has 8 aromatic rings. The molecule has 2 heterocycles. The second kappa shape index (κ2) is 12.1. The van der Waals surface area contributed by atoms with Crippen molar-refractivity contribution in [2.24, 2.45) is 0 Å². The standard InChI is InChI=1S/C51H34N2O/c1-2-15-35(16-3-1)46-32-47(41-22-12-17-33-14-4-5-18-37(33)41)53-50(52-46)36-30-28-34(29-31-36)38-21-13-26-45-49(38)54-48-27-11-10-25-44(48)51(45)42-23-8-6-19-39(42)40-20-7-9-24-43(40)51/h1-8,10-23,25-32H,9,24H2. The first-order valence-corrected chi connectivity index (χ1v) is 18.7. The fourth-order valence-corrected chi connectivity index (χ4v) is 9.14. The molecule has 3 aliphatic rings. The van der Waals surface area contributed by atoms with E-state index in [1.807, 2.05) is 6.07 Å². The minimum absolute atomic E-state index is 0.416. The van der Waals surface area contributed by atoms with Gasteiger partial charge in [0, 0.05) is 33.4 Å². The van der Waals surface area contributed by atoms with Crippen LogP contribution in [0.5, 0.6) is 11.5 Å². The van der Waals surface area contributed by atoms with Crippen molar-refractivity contribution in [3.8, 4) is 56.5 Å². The zero-order valence-electron chi connectivity index (χ0n) is 29.5. The molecule has 11 rings (SSSR count). The maximum absolute atomic E-state index is 6.96. The maximum Gasteiger partial charge on any atom is 0.160 e. The smallest absolute Gasteiger partial charge is 0.160 e. The zero-order chi connectivity index (χ0) is 35.6. The van der Waals surface area contributed by atoms with Gasteiger partial charge in [-0.05, 0) is 63.6 Å². The van der Waals surface area contributed by atoms with E-state index in [1.165, 1.54) is 44.2 Å². The highest BCUT2D eigenvalue weighted by atomic mass is 16.5. The molecule has 0 saturated carbocycles. The lowest BCUT2D eigenvalue weighted by Crippen LogP contribution is -2.33. The number of aromatic nitrogens is 2. The molecule has 0 radical (unpaired) electrons. The van der Waals surface area contributed by atoms with Crippen molar-refractivity contribution in [1.82, 2.24) is 9.97 Å². The number of nitrogens with zero attached hydrogens (tertiary/aromatic N) is 2. The normalized spacial score (nSPS) is 16.4. The van der Waals surface area contributed by atoms with Crippen molar-refractivity contribution in [3.63, 3.8) is 0 Å². The van der Waals surface area contributed by atoms with Crippen LogP contribution in [-0.4, -0.2) is 9.97 Å². The van der Waals surface area contributed by atoms with Crippen molar-refractivity contribution in [2.45, 2.75) is 18.3 Å². The van der Waals surface area contributed by atoms with Crippen LogP contribution >= 0.6 is 0 Å². The van der Waals surface area contributed by atoms with Gasteiger partial charge in [0.1, 0.15) is 11.5 Å². The molecule has 1 aromatic heterocycles. The zero-order valence-corrected chi connectivity index (χ0v) is 29.5. The predicted molar refractivity (Wildman–Crippen MR) is 219 cm³/mol. The van der Waals surface area contributed by atoms with Gasteiger partial charge >= 0.3 is 0 Å². The Labute approximate surface area is 314 Å². The summed E-state index contributed by atoms with van der Waals surface area (Å²) in [7, 11) is 0. The van der Waals surface area contributed by atoms with Crippen LogP contribution in [0.1, 0.15) is 35.1 Å². The van der Waals surface area contributed by atoms with E-state index in [4.69, 9.17) is 14.7 Å². The van der Waals surface area contributed by atoms with E-state index < -0.39 is 5.41 Å². The lowest BCUT2D eigenvalue weighted by atomic mass is 9.63. The van der Waals surface area contributed by atoms with Crippen molar-refractivity contribution >= 4 is 16.3 Å². The van der Waals surface area contributed by atoms with Gasteiger partial charge in [-0.2, -0.15) is 0 Å². The number of rotatable bonds is 4. The van der Waals surface area contributed by atoms with Crippen LogP contribution in [-0.2, 0) is 5.41 Å². The molecule has 1 spiro atoms. The van der Waals surface area contributed by atoms with Gasteiger partial charge in [0.25, 0.3) is 0 Å². The van der Waals surface area contributed by atoms with Crippen LogP contribution in [0.4, 0.5) is 0 Å². The minimum Gasteiger partial charge on any atom is -0.456 e. The highest BCUT2D eigenvalue weighted by molar-refractivity contribution is 5.97. The van der Waals surface area contributed by atoms with E-state index in [-0.39, 0.29) is 0 Å². The summed E-state index contributed by atoms with van der Waals surface area (Å²) < 4.78 is 6.96. The van der Waals surface area contributed by atoms with Crippen molar-refractivity contribution in [1.29, 1.82) is 0 Å². The molecular weight excluding hydrogens is 657 g/mol. The largest absolute Gasteiger partial charge is 0.456 e. The summed E-state index contributed by atoms with van der Waals surface area (Å²) in [6.45, 7) is 0. The van der Waals surface area contributed by atoms with E-state index in [0.29, 0.717) is 5.82 Å². The fourth-order valence-electron chi connectivity index (χ4n) is 9.14. The molecule has 54 heavy (non-hydrogen) atoms. The Bertz CT molecular complexity index is 2840. The van der Waals surface area contributed by atoms with Crippen molar-refractivity contribution < 1.29 is 4.74 Å². The molecule has 0 fully saturated rings. The van der Waals surface area contributed by atoms with Crippen LogP contribution in [0.15, 0.2) is 188 Å². The topological polar surface area (TPSA) is 35.0 Å². The number of hydrogen-bond donors (Lipinski definition) is 0. The molecule has 3 nitrogen and oxygen atoms in total. The second-order valence-corrected chi connectivity index (χ2v) is 14.3. The van der Waals surface area contributed by atoms with Gasteiger partial charge in [0.05, 0.1) is 16.8 Å².